The van der Waals surface area contributed by atoms with E-state index in [1.807, 2.05) is 30.0 Å². The summed E-state index contributed by atoms with van der Waals surface area (Å²) in [5, 5.41) is 3.11. The minimum absolute atomic E-state index is 0.159. The quantitative estimate of drug-likeness (QED) is 0.756. The zero-order valence-corrected chi connectivity index (χ0v) is 15.3. The van der Waals surface area contributed by atoms with Crippen LogP contribution in [-0.4, -0.2) is 22.7 Å². The van der Waals surface area contributed by atoms with Gasteiger partial charge in [0.2, 0.25) is 5.91 Å². The Kier molecular flexibility index (Phi) is 4.39. The highest BCUT2D eigenvalue weighted by Gasteiger charge is 2.51. The number of anilines is 1. The molecular weight excluding hydrogens is 322 g/mol. The molecule has 0 radical (unpaired) electrons. The van der Waals surface area contributed by atoms with Gasteiger partial charge in [0.1, 0.15) is 0 Å². The van der Waals surface area contributed by atoms with Crippen LogP contribution in [-0.2, 0) is 4.79 Å². The van der Waals surface area contributed by atoms with E-state index in [0.717, 1.165) is 28.3 Å². The second-order valence-electron chi connectivity index (χ2n) is 7.64. The predicted octanol–water partition coefficient (Wildman–Crippen LogP) is 5.05. The van der Waals surface area contributed by atoms with E-state index in [0.29, 0.717) is 10.5 Å². The van der Waals surface area contributed by atoms with E-state index in [1.165, 1.54) is 38.5 Å². The molecule has 0 aromatic heterocycles. The van der Waals surface area contributed by atoms with Gasteiger partial charge in [0, 0.05) is 9.64 Å². The molecule has 0 aliphatic heterocycles. The number of hydrogen-bond acceptors (Lipinski definition) is 3. The predicted molar refractivity (Wildman–Crippen MR) is 100 cm³/mol. The number of amides is 1. The van der Waals surface area contributed by atoms with E-state index in [-0.39, 0.29) is 5.91 Å². The van der Waals surface area contributed by atoms with Gasteiger partial charge in [-0.1, -0.05) is 12.1 Å². The van der Waals surface area contributed by atoms with Gasteiger partial charge < -0.3 is 5.32 Å². The number of hydrogen-bond donors (Lipinski definition) is 1. The highest BCUT2D eigenvalue weighted by Crippen LogP contribution is 2.60. The van der Waals surface area contributed by atoms with Crippen LogP contribution in [0.15, 0.2) is 29.2 Å². The Bertz CT molecular complexity index is 566. The van der Waals surface area contributed by atoms with Gasteiger partial charge >= 0.3 is 0 Å². The first-order chi connectivity index (χ1) is 11.2. The highest BCUT2D eigenvalue weighted by molar-refractivity contribution is 8.01. The highest BCUT2D eigenvalue weighted by atomic mass is 32.2. The molecule has 4 saturated carbocycles. The van der Waals surface area contributed by atoms with Gasteiger partial charge in [-0.15, -0.1) is 23.5 Å². The normalized spacial score (nSPS) is 34.6. The molecular formula is C19H25NOS2. The lowest BCUT2D eigenvalue weighted by molar-refractivity contribution is -0.113. The van der Waals surface area contributed by atoms with Crippen molar-refractivity contribution in [3.8, 4) is 0 Å². The molecule has 0 saturated heterocycles. The van der Waals surface area contributed by atoms with Crippen molar-refractivity contribution in [1.82, 2.24) is 0 Å². The summed E-state index contributed by atoms with van der Waals surface area (Å²) in [4.78, 5) is 13.6. The summed E-state index contributed by atoms with van der Waals surface area (Å²) in [6, 6.07) is 8.07. The molecule has 4 aliphatic rings. The molecule has 1 aromatic carbocycles. The first-order valence-electron chi connectivity index (χ1n) is 8.73. The largest absolute Gasteiger partial charge is 0.324 e. The molecule has 4 heteroatoms. The maximum atomic E-state index is 12.4. The molecule has 1 amide bonds. The summed E-state index contributed by atoms with van der Waals surface area (Å²) >= 11 is 3.64. The average molecular weight is 348 g/mol. The van der Waals surface area contributed by atoms with Crippen molar-refractivity contribution < 1.29 is 4.79 Å². The van der Waals surface area contributed by atoms with Crippen molar-refractivity contribution in [3.05, 3.63) is 24.3 Å². The van der Waals surface area contributed by atoms with Gasteiger partial charge in [0.25, 0.3) is 0 Å². The summed E-state index contributed by atoms with van der Waals surface area (Å²) in [6.45, 7) is 0. The van der Waals surface area contributed by atoms with Gasteiger partial charge in [0.15, 0.2) is 0 Å². The van der Waals surface area contributed by atoms with Crippen LogP contribution >= 0.6 is 23.5 Å². The summed E-state index contributed by atoms with van der Waals surface area (Å²) in [5.41, 5.74) is 0.955. The minimum atomic E-state index is 0.159. The van der Waals surface area contributed by atoms with Crippen molar-refractivity contribution >= 4 is 35.1 Å². The van der Waals surface area contributed by atoms with Crippen LogP contribution in [0.3, 0.4) is 0 Å². The van der Waals surface area contributed by atoms with Crippen molar-refractivity contribution in [2.45, 2.75) is 48.2 Å². The van der Waals surface area contributed by atoms with Gasteiger partial charge in [-0.05, 0) is 74.7 Å². The summed E-state index contributed by atoms with van der Waals surface area (Å²) in [5.74, 6) is 3.62. The first kappa shape index (κ1) is 15.9. The molecule has 4 aliphatic carbocycles. The van der Waals surface area contributed by atoms with E-state index in [9.17, 15) is 4.79 Å². The summed E-state index contributed by atoms with van der Waals surface area (Å²) in [6.07, 6.45) is 10.5. The van der Waals surface area contributed by atoms with Gasteiger partial charge in [-0.3, -0.25) is 4.79 Å². The molecule has 0 heterocycles. The minimum Gasteiger partial charge on any atom is -0.324 e. The van der Waals surface area contributed by atoms with Gasteiger partial charge in [-0.25, -0.2) is 0 Å². The fourth-order valence-electron chi connectivity index (χ4n) is 5.36. The number of carbonyl (C=O) groups excluding carboxylic acids is 1. The average Bonchev–Trinajstić information content (AvgIpc) is 2.52. The molecule has 124 valence electrons. The number of para-hydroxylation sites is 1. The fourth-order valence-corrected chi connectivity index (χ4v) is 7.48. The fraction of sp³-hybridized carbons (Fsp3) is 0.632. The zero-order valence-electron chi connectivity index (χ0n) is 13.7. The summed E-state index contributed by atoms with van der Waals surface area (Å²) in [7, 11) is 0. The molecule has 23 heavy (non-hydrogen) atoms. The molecule has 0 atom stereocenters. The molecule has 1 aromatic rings. The Morgan fingerprint density at radius 2 is 1.74 bits per heavy atom. The molecule has 4 bridgehead atoms. The lowest BCUT2D eigenvalue weighted by atomic mass is 9.56. The second-order valence-corrected chi connectivity index (χ2v) is 9.93. The van der Waals surface area contributed by atoms with Crippen LogP contribution in [0.5, 0.6) is 0 Å². The lowest BCUT2D eigenvalue weighted by Crippen LogP contribution is -2.49. The van der Waals surface area contributed by atoms with Crippen LogP contribution in [0, 0.1) is 17.8 Å². The van der Waals surface area contributed by atoms with Crippen LogP contribution in [0.2, 0.25) is 0 Å². The summed E-state index contributed by atoms with van der Waals surface area (Å²) < 4.78 is 0.422. The Balaban J connectivity index is 1.37. The van der Waals surface area contributed by atoms with Crippen LogP contribution in [0.25, 0.3) is 0 Å². The molecule has 0 unspecified atom stereocenters. The third-order valence-corrected chi connectivity index (χ3v) is 8.19. The Morgan fingerprint density at radius 3 is 2.35 bits per heavy atom. The Hall–Kier alpha value is -0.610. The van der Waals surface area contributed by atoms with Crippen LogP contribution in [0.1, 0.15) is 38.5 Å². The number of nitrogens with one attached hydrogen (secondary N) is 1. The molecule has 5 rings (SSSR count). The zero-order chi connectivity index (χ0) is 15.9. The monoisotopic (exact) mass is 347 g/mol. The number of rotatable bonds is 5. The number of carbonyl (C=O) groups is 1. The Morgan fingerprint density at radius 1 is 1.13 bits per heavy atom. The smallest absolute Gasteiger partial charge is 0.234 e. The van der Waals surface area contributed by atoms with Gasteiger partial charge in [-0.2, -0.15) is 0 Å². The lowest BCUT2D eigenvalue weighted by Gasteiger charge is -2.56. The van der Waals surface area contributed by atoms with E-state index in [2.05, 4.69) is 17.6 Å². The topological polar surface area (TPSA) is 29.1 Å². The Labute approximate surface area is 147 Å². The molecule has 1 N–H and O–H groups in total. The number of thioether (sulfide) groups is 2. The molecule has 4 fully saturated rings. The van der Waals surface area contributed by atoms with Crippen LogP contribution < -0.4 is 5.32 Å². The van der Waals surface area contributed by atoms with Crippen molar-refractivity contribution in [2.75, 3.05) is 17.3 Å². The first-order valence-corrected chi connectivity index (χ1v) is 10.9. The SMILES string of the molecule is CSc1ccccc1NC(=O)CSC12CC3CC(CC(C3)C1)C2. The third-order valence-electron chi connectivity index (χ3n) is 5.87. The van der Waals surface area contributed by atoms with E-state index in [4.69, 9.17) is 0 Å². The molecule has 0 spiro atoms. The van der Waals surface area contributed by atoms with E-state index < -0.39 is 0 Å². The van der Waals surface area contributed by atoms with Crippen molar-refractivity contribution in [1.29, 1.82) is 0 Å². The number of benzene rings is 1. The second kappa shape index (κ2) is 6.36. The maximum Gasteiger partial charge on any atom is 0.234 e. The van der Waals surface area contributed by atoms with E-state index in [1.54, 1.807) is 11.8 Å². The van der Waals surface area contributed by atoms with Gasteiger partial charge in [0.05, 0.1) is 11.4 Å². The van der Waals surface area contributed by atoms with Crippen molar-refractivity contribution in [3.63, 3.8) is 0 Å². The third kappa shape index (κ3) is 3.30. The molecule has 2 nitrogen and oxygen atoms in total. The van der Waals surface area contributed by atoms with Crippen molar-refractivity contribution in [2.24, 2.45) is 17.8 Å². The maximum absolute atomic E-state index is 12.4. The van der Waals surface area contributed by atoms with E-state index >= 15 is 0 Å². The van der Waals surface area contributed by atoms with Crippen LogP contribution in [0.4, 0.5) is 5.69 Å². The standard InChI is InChI=1S/C19H25NOS2/c1-22-17-5-3-2-4-16(17)20-18(21)12-23-19-9-13-6-14(10-19)8-15(7-13)11-19/h2-5,13-15H,6-12H2,1H3,(H,20,21).